The van der Waals surface area contributed by atoms with E-state index in [2.05, 4.69) is 55.8 Å². The van der Waals surface area contributed by atoms with Gasteiger partial charge in [-0.05, 0) is 31.9 Å². The molecular weight excluding hydrogens is 679 g/mol. The van der Waals surface area contributed by atoms with E-state index < -0.39 is 0 Å². The largest absolute Gasteiger partial charge is 0.449 e. The molecule has 1 heterocycles. The highest BCUT2D eigenvalue weighted by molar-refractivity contribution is 7.99. The van der Waals surface area contributed by atoms with Crippen LogP contribution in [0.25, 0.3) is 0 Å². The van der Waals surface area contributed by atoms with Crippen LogP contribution in [0.5, 0.6) is 0 Å². The molecule has 310 valence electrons. The molecule has 0 aromatic rings. The average Bonchev–Trinajstić information content (AvgIpc) is 3.17. The Morgan fingerprint density at radius 1 is 0.585 bits per heavy atom. The third-order valence-corrected chi connectivity index (χ3v) is 11.8. The van der Waals surface area contributed by atoms with Crippen LogP contribution in [0.15, 0.2) is 24.4 Å². The summed E-state index contributed by atoms with van der Waals surface area (Å²) in [5.41, 5.74) is 0. The van der Waals surface area contributed by atoms with Gasteiger partial charge in [0.2, 0.25) is 0 Å². The second-order valence-electron chi connectivity index (χ2n) is 15.5. The van der Waals surface area contributed by atoms with Crippen molar-refractivity contribution < 1.29 is 23.5 Å². The van der Waals surface area contributed by atoms with Crippen molar-refractivity contribution in [2.75, 3.05) is 44.4 Å². The minimum atomic E-state index is -0.335. The van der Waals surface area contributed by atoms with Crippen molar-refractivity contribution in [3.05, 3.63) is 24.4 Å². The first-order valence-corrected chi connectivity index (χ1v) is 23.9. The van der Waals surface area contributed by atoms with Gasteiger partial charge in [-0.1, -0.05) is 180 Å². The molecule has 1 aliphatic heterocycles. The Morgan fingerprint density at radius 2 is 1.02 bits per heavy atom. The lowest BCUT2D eigenvalue weighted by Crippen LogP contribution is -2.59. The lowest BCUT2D eigenvalue weighted by molar-refractivity contribution is -0.900. The van der Waals surface area contributed by atoms with Crippen LogP contribution in [0, 0.1) is 0 Å². The van der Waals surface area contributed by atoms with Crippen LogP contribution in [0.3, 0.4) is 0 Å². The third-order valence-electron chi connectivity index (χ3n) is 10.9. The maximum atomic E-state index is 12.9. The zero-order chi connectivity index (χ0) is 38.3. The molecule has 53 heavy (non-hydrogen) atoms. The van der Waals surface area contributed by atoms with Gasteiger partial charge in [0.05, 0.1) is 12.7 Å². The number of carbonyl (C=O) groups excluding carboxylic acids is 2. The van der Waals surface area contributed by atoms with Crippen LogP contribution in [0.1, 0.15) is 201 Å². The summed E-state index contributed by atoms with van der Waals surface area (Å²) in [4.78, 5) is 24.9. The highest BCUT2D eigenvalue weighted by Gasteiger charge is 2.35. The van der Waals surface area contributed by atoms with Gasteiger partial charge in [0.15, 0.2) is 6.17 Å². The Kier molecular flexibility index (Phi) is 34.7. The summed E-state index contributed by atoms with van der Waals surface area (Å²) >= 11 is 1.63. The number of unbranched alkanes of at least 4 members (excludes halogenated alkanes) is 25. The average molecular weight is 765 g/mol. The molecule has 1 rings (SSSR count). The molecule has 0 bridgehead atoms. The molecule has 0 aromatic carbocycles. The molecule has 2 amide bonds. The number of ether oxygens (including phenoxy) is 2. The Morgan fingerprint density at radius 3 is 1.45 bits per heavy atom. The topological polar surface area (TPSA) is 76.7 Å². The fraction of sp³-hybridized carbons (Fsp3) is 0.867. The number of alkyl carbamates (subject to hydrolysis) is 2. The molecule has 0 fully saturated rings. The molecule has 0 spiro atoms. The van der Waals surface area contributed by atoms with Crippen LogP contribution in [0.4, 0.5) is 9.59 Å². The lowest BCUT2D eigenvalue weighted by Gasteiger charge is -2.41. The zero-order valence-electron chi connectivity index (χ0n) is 35.1. The summed E-state index contributed by atoms with van der Waals surface area (Å²) in [7, 11) is 0. The second-order valence-corrected chi connectivity index (χ2v) is 16.7. The van der Waals surface area contributed by atoms with Gasteiger partial charge in [0.25, 0.3) is 0 Å². The van der Waals surface area contributed by atoms with Crippen LogP contribution >= 0.6 is 11.8 Å². The van der Waals surface area contributed by atoms with Crippen LogP contribution in [-0.4, -0.2) is 67.2 Å². The van der Waals surface area contributed by atoms with E-state index >= 15 is 0 Å². The number of allylic oxidation sites excluding steroid dienone is 2. The number of nitrogens with one attached hydrogen (secondary N) is 2. The molecule has 0 saturated carbocycles. The highest BCUT2D eigenvalue weighted by atomic mass is 32.2. The molecule has 2 N–H and O–H groups in total. The first-order chi connectivity index (χ1) is 26.1. The van der Waals surface area contributed by atoms with E-state index in [4.69, 9.17) is 9.47 Å². The number of quaternary nitrogens is 1. The van der Waals surface area contributed by atoms with Crippen molar-refractivity contribution in [2.45, 2.75) is 207 Å². The van der Waals surface area contributed by atoms with Gasteiger partial charge < -0.3 is 14.8 Å². The number of amides is 2. The molecule has 1 aliphatic rings. The predicted molar refractivity (Wildman–Crippen MR) is 230 cm³/mol. The van der Waals surface area contributed by atoms with Gasteiger partial charge in [-0.2, -0.15) is 11.8 Å². The fourth-order valence-corrected chi connectivity index (χ4v) is 7.95. The Labute approximate surface area is 332 Å². The van der Waals surface area contributed by atoms with Crippen molar-refractivity contribution in [3.8, 4) is 0 Å². The minimum absolute atomic E-state index is 0.00491. The van der Waals surface area contributed by atoms with E-state index in [0.717, 1.165) is 43.3 Å². The molecule has 2 unspecified atom stereocenters. The monoisotopic (exact) mass is 765 g/mol. The first kappa shape index (κ1) is 49.3. The van der Waals surface area contributed by atoms with Crippen molar-refractivity contribution in [1.29, 1.82) is 0 Å². The SMILES string of the molecule is CCCCCCCCCCCCCCCCC(NC(=O)OCCSCCOC(=O)NCCCCCCCCCCCCCCC)[N+]1(CC)C=CC=CC1. The molecule has 0 aliphatic carbocycles. The summed E-state index contributed by atoms with van der Waals surface area (Å²) in [6.45, 7) is 9.95. The van der Waals surface area contributed by atoms with Gasteiger partial charge >= 0.3 is 12.2 Å². The number of nitrogens with zero attached hydrogens (tertiary/aromatic N) is 1. The first-order valence-electron chi connectivity index (χ1n) is 22.7. The summed E-state index contributed by atoms with van der Waals surface area (Å²) in [5.74, 6) is 1.36. The normalized spacial score (nSPS) is 15.8. The van der Waals surface area contributed by atoms with Crippen LogP contribution in [-0.2, 0) is 9.47 Å². The second kappa shape index (κ2) is 37.3. The summed E-state index contributed by atoms with van der Waals surface area (Å²) in [6.07, 6.45) is 44.9. The Bertz CT molecular complexity index is 901. The minimum Gasteiger partial charge on any atom is -0.449 e. The third kappa shape index (κ3) is 29.3. The molecule has 0 aromatic heterocycles. The van der Waals surface area contributed by atoms with E-state index in [-0.39, 0.29) is 18.4 Å². The van der Waals surface area contributed by atoms with Gasteiger partial charge in [-0.15, -0.1) is 0 Å². The van der Waals surface area contributed by atoms with Crippen molar-refractivity contribution in [1.82, 2.24) is 10.6 Å². The van der Waals surface area contributed by atoms with E-state index in [9.17, 15) is 9.59 Å². The van der Waals surface area contributed by atoms with Gasteiger partial charge in [-0.25, -0.2) is 9.59 Å². The predicted octanol–water partition coefficient (Wildman–Crippen LogP) is 13.4. The number of hydrogen-bond donors (Lipinski definition) is 2. The Balaban J connectivity index is 2.09. The van der Waals surface area contributed by atoms with Gasteiger partial charge in [0, 0.05) is 24.5 Å². The van der Waals surface area contributed by atoms with Crippen LogP contribution < -0.4 is 10.6 Å². The fourth-order valence-electron chi connectivity index (χ4n) is 7.34. The van der Waals surface area contributed by atoms with Crippen molar-refractivity contribution >= 4 is 23.9 Å². The maximum absolute atomic E-state index is 12.9. The molecule has 0 radical (unpaired) electrons. The van der Waals surface area contributed by atoms with Gasteiger partial charge in [-0.3, -0.25) is 9.80 Å². The van der Waals surface area contributed by atoms with E-state index in [1.165, 1.54) is 154 Å². The standard InChI is InChI=1S/C45H85N3O4S/c1-4-7-9-11-13-15-17-19-20-22-24-26-28-31-35-43(48(6-3)37-33-30-34-38-48)47-45(50)52-40-42-53-41-39-51-44(49)46-36-32-29-27-25-23-21-18-16-14-12-10-8-5-2/h30,33-34,37,43H,4-29,31-32,35-36,38-42H2,1-3H3,(H-,46,47,49,50)/p+1. The molecule has 0 saturated heterocycles. The number of thioether (sulfide) groups is 1. The summed E-state index contributed by atoms with van der Waals surface area (Å²) in [6, 6.07) is 0. The van der Waals surface area contributed by atoms with E-state index in [1.807, 2.05) is 0 Å². The quantitative estimate of drug-likeness (QED) is 0.0484. The summed E-state index contributed by atoms with van der Waals surface area (Å²) < 4.78 is 11.7. The number of hydrogen-bond acceptors (Lipinski definition) is 5. The van der Waals surface area contributed by atoms with E-state index in [1.54, 1.807) is 11.8 Å². The zero-order valence-corrected chi connectivity index (χ0v) is 35.9. The van der Waals surface area contributed by atoms with E-state index in [0.29, 0.717) is 31.3 Å². The lowest BCUT2D eigenvalue weighted by atomic mass is 10.0. The van der Waals surface area contributed by atoms with Crippen LogP contribution in [0.2, 0.25) is 0 Å². The van der Waals surface area contributed by atoms with Gasteiger partial charge in [0.1, 0.15) is 19.8 Å². The molecule has 7 nitrogen and oxygen atoms in total. The number of rotatable bonds is 38. The Hall–Kier alpha value is -1.67. The smallest absolute Gasteiger partial charge is 0.411 e. The maximum Gasteiger partial charge on any atom is 0.411 e. The summed E-state index contributed by atoms with van der Waals surface area (Å²) in [5, 5.41) is 6.11. The van der Waals surface area contributed by atoms with Crippen molar-refractivity contribution in [2.24, 2.45) is 0 Å². The molecular formula is C45H86N3O4S+. The van der Waals surface area contributed by atoms with Crippen molar-refractivity contribution in [3.63, 3.8) is 0 Å². The highest BCUT2D eigenvalue weighted by Crippen LogP contribution is 2.22. The molecule has 8 heteroatoms. The molecule has 2 atom stereocenters. The number of likely N-dealkylation sites (N-methyl/N-ethyl adjacent to an activating group) is 1. The number of carbonyl (C=O) groups is 2.